The average molecular weight is 575 g/mol. The van der Waals surface area contributed by atoms with Crippen molar-refractivity contribution in [2.45, 2.75) is 24.7 Å². The summed E-state index contributed by atoms with van der Waals surface area (Å²) in [5.74, 6) is -1.00. The van der Waals surface area contributed by atoms with Crippen molar-refractivity contribution in [3.05, 3.63) is 73.3 Å². The predicted octanol–water partition coefficient (Wildman–Crippen LogP) is 6.13. The maximum Gasteiger partial charge on any atom is 0.410 e. The van der Waals surface area contributed by atoms with Gasteiger partial charge in [0.15, 0.2) is 11.7 Å². The van der Waals surface area contributed by atoms with Crippen molar-refractivity contribution >= 4 is 50.6 Å². The zero-order valence-corrected chi connectivity index (χ0v) is 20.1. The smallest absolute Gasteiger partial charge is 0.410 e. The Balaban J connectivity index is 1.69. The molecule has 1 amide bonds. The SMILES string of the molecule is COc1cc(NC(=O)c2nn3c(c2Cl)N[C@H](c2ccc(Br)cc2)C[C@H]3C(F)(F)F)cc([N+](=O)[O-])c1. The van der Waals surface area contributed by atoms with E-state index in [-0.39, 0.29) is 34.4 Å². The van der Waals surface area contributed by atoms with E-state index in [9.17, 15) is 28.1 Å². The van der Waals surface area contributed by atoms with E-state index in [2.05, 4.69) is 31.7 Å². The number of anilines is 2. The molecule has 0 bridgehead atoms. The minimum atomic E-state index is -4.67. The van der Waals surface area contributed by atoms with Crippen molar-refractivity contribution in [1.82, 2.24) is 9.78 Å². The minimum Gasteiger partial charge on any atom is -0.496 e. The van der Waals surface area contributed by atoms with Crippen LogP contribution in [-0.2, 0) is 0 Å². The summed E-state index contributed by atoms with van der Waals surface area (Å²) < 4.78 is 48.3. The molecule has 9 nitrogen and oxygen atoms in total. The minimum absolute atomic E-state index is 0.0174. The number of fused-ring (bicyclic) bond motifs is 1. The van der Waals surface area contributed by atoms with Gasteiger partial charge in [-0.05, 0) is 17.7 Å². The molecule has 14 heteroatoms. The van der Waals surface area contributed by atoms with E-state index in [1.165, 1.54) is 13.2 Å². The lowest BCUT2D eigenvalue weighted by molar-refractivity contribution is -0.384. The van der Waals surface area contributed by atoms with E-state index in [0.717, 1.165) is 16.6 Å². The molecule has 2 aromatic carbocycles. The lowest BCUT2D eigenvalue weighted by atomic mass is 9.97. The Labute approximate surface area is 209 Å². The molecule has 2 heterocycles. The maximum atomic E-state index is 13.9. The first-order chi connectivity index (χ1) is 16.5. The first-order valence-electron chi connectivity index (χ1n) is 9.99. The molecule has 2 N–H and O–H groups in total. The number of rotatable bonds is 5. The molecule has 1 aromatic heterocycles. The summed E-state index contributed by atoms with van der Waals surface area (Å²) in [6.45, 7) is 0. The first kappa shape index (κ1) is 24.8. The van der Waals surface area contributed by atoms with Crippen LogP contribution in [0.3, 0.4) is 0 Å². The van der Waals surface area contributed by atoms with Gasteiger partial charge in [-0.15, -0.1) is 0 Å². The molecule has 0 unspecified atom stereocenters. The second-order valence-corrected chi connectivity index (χ2v) is 8.92. The van der Waals surface area contributed by atoms with Gasteiger partial charge in [0.05, 0.1) is 29.8 Å². The van der Waals surface area contributed by atoms with Crippen molar-refractivity contribution in [2.75, 3.05) is 17.7 Å². The zero-order chi connectivity index (χ0) is 25.5. The number of carbonyl (C=O) groups is 1. The highest BCUT2D eigenvalue weighted by Gasteiger charge is 2.47. The topological polar surface area (TPSA) is 111 Å². The number of ether oxygens (including phenoxy) is 1. The molecular weight excluding hydrogens is 559 g/mol. The van der Waals surface area contributed by atoms with Crippen LogP contribution in [0.5, 0.6) is 5.75 Å². The van der Waals surface area contributed by atoms with Gasteiger partial charge in [0, 0.05) is 23.0 Å². The zero-order valence-electron chi connectivity index (χ0n) is 17.8. The highest BCUT2D eigenvalue weighted by Crippen LogP contribution is 2.46. The summed E-state index contributed by atoms with van der Waals surface area (Å²) in [5, 5.41) is 20.0. The predicted molar refractivity (Wildman–Crippen MR) is 125 cm³/mol. The fraction of sp³-hybridized carbons (Fsp3) is 0.238. The maximum absolute atomic E-state index is 13.9. The van der Waals surface area contributed by atoms with Crippen LogP contribution in [0.15, 0.2) is 46.9 Å². The van der Waals surface area contributed by atoms with Gasteiger partial charge in [0.2, 0.25) is 0 Å². The Morgan fingerprint density at radius 1 is 1.31 bits per heavy atom. The molecule has 0 spiro atoms. The summed E-state index contributed by atoms with van der Waals surface area (Å²) in [7, 11) is 1.29. The van der Waals surface area contributed by atoms with Crippen molar-refractivity contribution in [1.29, 1.82) is 0 Å². The van der Waals surface area contributed by atoms with Crippen molar-refractivity contribution in [2.24, 2.45) is 0 Å². The largest absolute Gasteiger partial charge is 0.496 e. The van der Waals surface area contributed by atoms with Crippen molar-refractivity contribution in [3.63, 3.8) is 0 Å². The molecule has 35 heavy (non-hydrogen) atoms. The van der Waals surface area contributed by atoms with E-state index in [1.54, 1.807) is 24.3 Å². The van der Waals surface area contributed by atoms with E-state index in [0.29, 0.717) is 10.2 Å². The van der Waals surface area contributed by atoms with Crippen LogP contribution < -0.4 is 15.4 Å². The van der Waals surface area contributed by atoms with Crippen LogP contribution in [-0.4, -0.2) is 33.9 Å². The summed E-state index contributed by atoms with van der Waals surface area (Å²) >= 11 is 9.62. The third-order valence-corrected chi connectivity index (χ3v) is 6.27. The van der Waals surface area contributed by atoms with Gasteiger partial charge >= 0.3 is 6.18 Å². The number of aromatic nitrogens is 2. The van der Waals surface area contributed by atoms with E-state index in [4.69, 9.17) is 16.3 Å². The lowest BCUT2D eigenvalue weighted by Crippen LogP contribution is -2.35. The molecule has 0 saturated heterocycles. The standard InChI is InChI=1S/C21H16BrClF3N5O4/c1-35-14-7-12(6-13(8-14)31(33)34)27-20(32)18-17(23)19-28-15(10-2-4-11(22)5-3-10)9-16(21(24,25)26)30(19)29-18/h2-8,15-16,28H,9H2,1H3,(H,27,32)/t15-,16-/m0/s1. The van der Waals surface area contributed by atoms with Crippen LogP contribution in [0.25, 0.3) is 0 Å². The number of nitrogens with one attached hydrogen (secondary N) is 2. The van der Waals surface area contributed by atoms with Crippen LogP contribution in [0, 0.1) is 10.1 Å². The Bertz CT molecular complexity index is 1300. The highest BCUT2D eigenvalue weighted by molar-refractivity contribution is 9.10. The summed E-state index contributed by atoms with van der Waals surface area (Å²) in [5.41, 5.74) is -0.242. The molecular formula is C21H16BrClF3N5O4. The Morgan fingerprint density at radius 3 is 2.60 bits per heavy atom. The monoisotopic (exact) mass is 573 g/mol. The molecule has 0 saturated carbocycles. The Hall–Kier alpha value is -3.32. The van der Waals surface area contributed by atoms with Gasteiger partial charge < -0.3 is 15.4 Å². The molecule has 0 radical (unpaired) electrons. The van der Waals surface area contributed by atoms with E-state index >= 15 is 0 Å². The third kappa shape index (κ3) is 5.05. The molecule has 2 atom stereocenters. The number of carbonyl (C=O) groups excluding carboxylic acids is 1. The number of nitro groups is 1. The summed E-state index contributed by atoms with van der Waals surface area (Å²) in [6.07, 6.45) is -5.04. The summed E-state index contributed by atoms with van der Waals surface area (Å²) in [6, 6.07) is 7.53. The van der Waals surface area contributed by atoms with E-state index < -0.39 is 34.8 Å². The number of hydrogen-bond donors (Lipinski definition) is 2. The van der Waals surface area contributed by atoms with Crippen LogP contribution in [0.2, 0.25) is 5.02 Å². The van der Waals surface area contributed by atoms with Crippen LogP contribution in [0.1, 0.15) is 34.6 Å². The second kappa shape index (κ2) is 9.38. The quantitative estimate of drug-likeness (QED) is 0.280. The molecule has 4 rings (SSSR count). The van der Waals surface area contributed by atoms with Gasteiger partial charge in [-0.25, -0.2) is 4.68 Å². The molecule has 1 aliphatic rings. The molecule has 184 valence electrons. The summed E-state index contributed by atoms with van der Waals surface area (Å²) in [4.78, 5) is 23.3. The van der Waals surface area contributed by atoms with Gasteiger partial charge in [-0.2, -0.15) is 18.3 Å². The fourth-order valence-corrected chi connectivity index (χ4v) is 4.25. The van der Waals surface area contributed by atoms with Gasteiger partial charge in [0.1, 0.15) is 16.6 Å². The lowest BCUT2D eigenvalue weighted by Gasteiger charge is -2.33. The number of nitrogens with zero attached hydrogens (tertiary/aromatic N) is 3. The first-order valence-corrected chi connectivity index (χ1v) is 11.2. The number of methoxy groups -OCH3 is 1. The Kier molecular flexibility index (Phi) is 6.64. The normalized spacial score (nSPS) is 17.3. The highest BCUT2D eigenvalue weighted by atomic mass is 79.9. The molecule has 0 fully saturated rings. The number of nitro benzene ring substituents is 1. The van der Waals surface area contributed by atoms with Crippen LogP contribution in [0.4, 0.5) is 30.4 Å². The van der Waals surface area contributed by atoms with Gasteiger partial charge in [-0.1, -0.05) is 39.7 Å². The van der Waals surface area contributed by atoms with Crippen molar-refractivity contribution < 1.29 is 27.6 Å². The molecule has 0 aliphatic carbocycles. The fourth-order valence-electron chi connectivity index (χ4n) is 3.72. The van der Waals surface area contributed by atoms with E-state index in [1.807, 2.05) is 0 Å². The van der Waals surface area contributed by atoms with Gasteiger partial charge in [0.25, 0.3) is 11.6 Å². The molecule has 3 aromatic rings. The molecule has 1 aliphatic heterocycles. The van der Waals surface area contributed by atoms with Crippen molar-refractivity contribution in [3.8, 4) is 5.75 Å². The average Bonchev–Trinajstić information content (AvgIpc) is 3.14. The third-order valence-electron chi connectivity index (χ3n) is 5.38. The number of amides is 1. The number of non-ortho nitro benzene ring substituents is 1. The number of hydrogen-bond acceptors (Lipinski definition) is 6. The number of alkyl halides is 3. The van der Waals surface area contributed by atoms with Gasteiger partial charge in [-0.3, -0.25) is 14.9 Å². The number of halogens is 5. The Morgan fingerprint density at radius 2 is 2.00 bits per heavy atom. The second-order valence-electron chi connectivity index (χ2n) is 7.63. The number of benzene rings is 2. The van der Waals surface area contributed by atoms with Crippen LogP contribution >= 0.6 is 27.5 Å².